The van der Waals surface area contributed by atoms with Crippen LogP contribution in [0.5, 0.6) is 5.88 Å². The number of benzene rings is 2. The van der Waals surface area contributed by atoms with E-state index in [1.807, 2.05) is 55.3 Å². The second kappa shape index (κ2) is 16.9. The number of hydrogen-bond acceptors (Lipinski definition) is 11. The number of ether oxygens (including phenoxy) is 1. The number of fused-ring (bicyclic) bond motifs is 1. The number of pyridine rings is 1. The average molecular weight is 805 g/mol. The lowest BCUT2D eigenvalue weighted by atomic mass is 9.85. The first-order chi connectivity index (χ1) is 27.4. The molecule has 3 N–H and O–H groups in total. The molecule has 1 aliphatic carbocycles. The van der Waals surface area contributed by atoms with Crippen molar-refractivity contribution >= 4 is 40.1 Å². The lowest BCUT2D eigenvalue weighted by Gasteiger charge is -2.33. The summed E-state index contributed by atoms with van der Waals surface area (Å²) >= 11 is 7.12. The molecule has 0 radical (unpaired) electrons. The van der Waals surface area contributed by atoms with E-state index in [2.05, 4.69) is 25.2 Å². The number of aliphatic carboxylic acids is 1. The van der Waals surface area contributed by atoms with E-state index < -0.39 is 30.5 Å². The number of aliphatic hydroxyl groups excluding tert-OH is 1. The number of halogens is 4. The monoisotopic (exact) mass is 804 g/mol. The number of aromatic nitrogens is 5. The number of aliphatic hydroxyl groups is 1. The predicted molar refractivity (Wildman–Crippen MR) is 210 cm³/mol. The van der Waals surface area contributed by atoms with Gasteiger partial charge in [0.25, 0.3) is 6.43 Å². The number of nitrogens with one attached hydrogen (secondary N) is 1. The maximum Gasteiger partial charge on any atom is 0.306 e. The van der Waals surface area contributed by atoms with Gasteiger partial charge in [-0.05, 0) is 74.9 Å². The molecule has 5 aromatic rings. The zero-order valence-electron chi connectivity index (χ0n) is 31.9. The highest BCUT2D eigenvalue weighted by molar-refractivity contribution is 6.36. The fourth-order valence-corrected chi connectivity index (χ4v) is 8.17. The SMILES string of the molecule is COc1nc(-c2cccc(-c3cccc(Nc4nc(C(F)F)nc5cc(CN6CC[C@](F)(CO)C6)cnc45)c3C)c2Cl)cnc1CN(C)C1CCC(C(=O)O)CC1. The molecule has 1 aliphatic heterocycles. The van der Waals surface area contributed by atoms with Crippen molar-refractivity contribution in [2.75, 3.05) is 39.2 Å². The summed E-state index contributed by atoms with van der Waals surface area (Å²) in [7, 11) is 3.54. The maximum absolute atomic E-state index is 14.6. The fourth-order valence-electron chi connectivity index (χ4n) is 7.85. The van der Waals surface area contributed by atoms with Crippen molar-refractivity contribution in [1.29, 1.82) is 0 Å². The molecule has 1 saturated heterocycles. The number of methoxy groups -OCH3 is 1. The van der Waals surface area contributed by atoms with Gasteiger partial charge in [0.2, 0.25) is 5.88 Å². The van der Waals surface area contributed by atoms with Gasteiger partial charge >= 0.3 is 5.97 Å². The minimum atomic E-state index is -2.94. The topological polar surface area (TPSA) is 150 Å². The van der Waals surface area contributed by atoms with Gasteiger partial charge in [-0.2, -0.15) is 0 Å². The molecule has 0 unspecified atom stereocenters. The van der Waals surface area contributed by atoms with Crippen molar-refractivity contribution in [3.63, 3.8) is 0 Å². The van der Waals surface area contributed by atoms with Crippen molar-refractivity contribution in [2.24, 2.45) is 5.92 Å². The molecular formula is C41H44ClF3N8O4. The number of rotatable bonds is 13. The molecule has 3 aromatic heterocycles. The van der Waals surface area contributed by atoms with E-state index in [0.717, 1.165) is 24.0 Å². The van der Waals surface area contributed by atoms with Gasteiger partial charge in [0.05, 0.1) is 42.1 Å². The summed E-state index contributed by atoms with van der Waals surface area (Å²) < 4.78 is 48.5. The van der Waals surface area contributed by atoms with E-state index >= 15 is 0 Å². The summed E-state index contributed by atoms with van der Waals surface area (Å²) in [5, 5.41) is 22.4. The molecule has 300 valence electrons. The first kappa shape index (κ1) is 40.2. The number of alkyl halides is 3. The number of anilines is 2. The number of hydrogen-bond donors (Lipinski definition) is 3. The Morgan fingerprint density at radius 3 is 2.51 bits per heavy atom. The normalized spacial score (nSPS) is 20.1. The third-order valence-corrected chi connectivity index (χ3v) is 11.5. The number of carboxylic acids is 1. The molecule has 16 heteroatoms. The van der Waals surface area contributed by atoms with Gasteiger partial charge in [-0.3, -0.25) is 24.6 Å². The van der Waals surface area contributed by atoms with Crippen molar-refractivity contribution in [2.45, 2.75) is 70.3 Å². The molecule has 0 spiro atoms. The maximum atomic E-state index is 14.6. The third kappa shape index (κ3) is 8.66. The Morgan fingerprint density at radius 2 is 1.81 bits per heavy atom. The first-order valence-corrected chi connectivity index (χ1v) is 19.2. The highest BCUT2D eigenvalue weighted by Crippen LogP contribution is 2.40. The molecule has 4 heterocycles. The Balaban J connectivity index is 1.13. The van der Waals surface area contributed by atoms with Crippen molar-refractivity contribution < 1.29 is 32.9 Å². The Morgan fingerprint density at radius 1 is 1.07 bits per heavy atom. The quantitative estimate of drug-likeness (QED) is 0.107. The van der Waals surface area contributed by atoms with Crippen LogP contribution in [-0.4, -0.2) is 96.5 Å². The molecular weight excluding hydrogens is 761 g/mol. The summed E-state index contributed by atoms with van der Waals surface area (Å²) in [5.74, 6) is -1.21. The van der Waals surface area contributed by atoms with Crippen molar-refractivity contribution in [3.05, 3.63) is 82.5 Å². The van der Waals surface area contributed by atoms with E-state index in [-0.39, 0.29) is 41.8 Å². The van der Waals surface area contributed by atoms with Gasteiger partial charge in [0.1, 0.15) is 16.9 Å². The minimum Gasteiger partial charge on any atom is -0.481 e. The minimum absolute atomic E-state index is 0.0647. The largest absolute Gasteiger partial charge is 0.481 e. The van der Waals surface area contributed by atoms with E-state index in [1.165, 1.54) is 0 Å². The standard InChI is InChI=1S/C41H44ClF3N8O4/c1-23-27(28-7-4-8-29(34(28)42)32-18-46-33(39(50-32)57-3)20-52(2)26-12-10-25(11-13-26)40(55)56)6-5-9-30(23)48-37-35-31(49-38(51-37)36(43)44)16-24(17-47-35)19-53-15-14-41(45,21-53)22-54/h4-9,16-18,25-26,36,54H,10-15,19-22H2,1-3H3,(H,55,56)(H,48,49,51)/t25?,26?,41-/m1/s1. The predicted octanol–water partition coefficient (Wildman–Crippen LogP) is 7.78. The molecule has 57 heavy (non-hydrogen) atoms. The van der Waals surface area contributed by atoms with Crippen LogP contribution in [0.25, 0.3) is 33.4 Å². The van der Waals surface area contributed by atoms with E-state index in [0.29, 0.717) is 77.1 Å². The van der Waals surface area contributed by atoms with Crippen LogP contribution in [0.1, 0.15) is 61.2 Å². The summed E-state index contributed by atoms with van der Waals surface area (Å²) in [6.07, 6.45) is 3.40. The van der Waals surface area contributed by atoms with Crippen molar-refractivity contribution in [3.8, 4) is 28.3 Å². The van der Waals surface area contributed by atoms with Crippen LogP contribution >= 0.6 is 11.6 Å². The number of carbonyl (C=O) groups is 1. The van der Waals surface area contributed by atoms with Gasteiger partial charge < -0.3 is 20.3 Å². The molecule has 12 nitrogen and oxygen atoms in total. The Hall–Kier alpha value is -4.96. The van der Waals surface area contributed by atoms with Gasteiger partial charge in [-0.15, -0.1) is 0 Å². The van der Waals surface area contributed by atoms with Crippen LogP contribution in [0.3, 0.4) is 0 Å². The van der Waals surface area contributed by atoms with Gasteiger partial charge in [0.15, 0.2) is 11.6 Å². The molecule has 0 bridgehead atoms. The zero-order chi connectivity index (χ0) is 40.4. The van der Waals surface area contributed by atoms with Crippen LogP contribution in [0.2, 0.25) is 5.02 Å². The van der Waals surface area contributed by atoms with Crippen LogP contribution < -0.4 is 10.1 Å². The van der Waals surface area contributed by atoms with Gasteiger partial charge in [-0.1, -0.05) is 41.9 Å². The lowest BCUT2D eigenvalue weighted by Crippen LogP contribution is -2.36. The highest BCUT2D eigenvalue weighted by atomic mass is 35.5. The zero-order valence-corrected chi connectivity index (χ0v) is 32.6. The average Bonchev–Trinajstić information content (AvgIpc) is 3.59. The number of nitrogens with zero attached hydrogens (tertiary/aromatic N) is 7. The molecule has 2 aromatic carbocycles. The smallest absolute Gasteiger partial charge is 0.306 e. The molecule has 1 atom stereocenters. The summed E-state index contributed by atoms with van der Waals surface area (Å²) in [5.41, 5.74) is 4.16. The number of carboxylic acid groups (broad SMARTS) is 1. The van der Waals surface area contributed by atoms with E-state index in [9.17, 15) is 28.2 Å². The Kier molecular flexibility index (Phi) is 11.9. The second-order valence-corrected chi connectivity index (χ2v) is 15.3. The third-order valence-electron chi connectivity index (χ3n) is 11.1. The Labute approximate surface area is 333 Å². The van der Waals surface area contributed by atoms with Crippen molar-refractivity contribution in [1.82, 2.24) is 34.7 Å². The van der Waals surface area contributed by atoms with Gasteiger partial charge in [-0.25, -0.2) is 28.1 Å². The molecule has 2 aliphatic rings. The first-order valence-electron chi connectivity index (χ1n) is 18.8. The lowest BCUT2D eigenvalue weighted by molar-refractivity contribution is -0.143. The van der Waals surface area contributed by atoms with E-state index in [4.69, 9.17) is 26.3 Å². The van der Waals surface area contributed by atoms with Crippen LogP contribution in [-0.2, 0) is 17.9 Å². The fraction of sp³-hybridized carbons (Fsp3) is 0.415. The summed E-state index contributed by atoms with van der Waals surface area (Å²) in [4.78, 5) is 37.7. The van der Waals surface area contributed by atoms with Crippen LogP contribution in [0.4, 0.5) is 24.7 Å². The van der Waals surface area contributed by atoms with Gasteiger partial charge in [0, 0.05) is 55.2 Å². The summed E-state index contributed by atoms with van der Waals surface area (Å²) in [6, 6.07) is 13.0. The van der Waals surface area contributed by atoms with Crippen LogP contribution in [0, 0.1) is 12.8 Å². The number of likely N-dealkylation sites (tertiary alicyclic amines) is 1. The molecule has 1 saturated carbocycles. The highest BCUT2D eigenvalue weighted by Gasteiger charge is 2.37. The van der Waals surface area contributed by atoms with Crippen LogP contribution in [0.15, 0.2) is 54.9 Å². The summed E-state index contributed by atoms with van der Waals surface area (Å²) in [6.45, 7) is 2.64. The molecule has 0 amide bonds. The molecule has 7 rings (SSSR count). The second-order valence-electron chi connectivity index (χ2n) is 15.0. The Bertz CT molecular complexity index is 2280. The van der Waals surface area contributed by atoms with E-state index in [1.54, 1.807) is 25.6 Å². The molecule has 2 fully saturated rings.